The SMILES string of the molecule is CCCCC(CC(=O)OC(C)=O)c1ccccc1. The molecular formula is C15H20O3. The second-order valence-corrected chi connectivity index (χ2v) is 4.42. The van der Waals surface area contributed by atoms with Gasteiger partial charge in [-0.2, -0.15) is 0 Å². The first-order valence-electron chi connectivity index (χ1n) is 6.39. The summed E-state index contributed by atoms with van der Waals surface area (Å²) in [5.41, 5.74) is 1.13. The maximum atomic E-state index is 11.6. The van der Waals surface area contributed by atoms with Crippen LogP contribution in [0.2, 0.25) is 0 Å². The maximum absolute atomic E-state index is 11.6. The Morgan fingerprint density at radius 2 is 1.89 bits per heavy atom. The summed E-state index contributed by atoms with van der Waals surface area (Å²) in [6.07, 6.45) is 3.36. The van der Waals surface area contributed by atoms with Crippen LogP contribution in [0.4, 0.5) is 0 Å². The molecule has 0 saturated carbocycles. The lowest BCUT2D eigenvalue weighted by molar-refractivity contribution is -0.158. The Hall–Kier alpha value is -1.64. The van der Waals surface area contributed by atoms with Crippen molar-refractivity contribution in [2.75, 3.05) is 0 Å². The fourth-order valence-electron chi connectivity index (χ4n) is 1.97. The Kier molecular flexibility index (Phi) is 6.12. The standard InChI is InChI=1S/C15H20O3/c1-3-4-8-14(11-15(17)18-12(2)16)13-9-6-5-7-10-13/h5-7,9-10,14H,3-4,8,11H2,1-2H3. The number of rotatable bonds is 6. The topological polar surface area (TPSA) is 43.4 Å². The highest BCUT2D eigenvalue weighted by Crippen LogP contribution is 2.25. The number of benzene rings is 1. The number of carbonyl (C=O) groups is 2. The third-order valence-electron chi connectivity index (χ3n) is 2.85. The molecule has 1 unspecified atom stereocenters. The average molecular weight is 248 g/mol. The summed E-state index contributed by atoms with van der Waals surface area (Å²) in [4.78, 5) is 22.3. The molecule has 0 aliphatic heterocycles. The van der Waals surface area contributed by atoms with Gasteiger partial charge in [-0.15, -0.1) is 0 Å². The van der Waals surface area contributed by atoms with Gasteiger partial charge in [-0.1, -0.05) is 50.1 Å². The molecule has 1 aromatic rings. The molecule has 0 heterocycles. The molecule has 0 fully saturated rings. The van der Waals surface area contributed by atoms with E-state index in [1.165, 1.54) is 6.92 Å². The van der Waals surface area contributed by atoms with Gasteiger partial charge in [0.25, 0.3) is 0 Å². The van der Waals surface area contributed by atoms with Crippen molar-refractivity contribution in [1.82, 2.24) is 0 Å². The van der Waals surface area contributed by atoms with Crippen LogP contribution in [0, 0.1) is 0 Å². The zero-order valence-electron chi connectivity index (χ0n) is 11.0. The Morgan fingerprint density at radius 3 is 2.44 bits per heavy atom. The summed E-state index contributed by atoms with van der Waals surface area (Å²) in [5, 5.41) is 0. The minimum Gasteiger partial charge on any atom is -0.393 e. The van der Waals surface area contributed by atoms with Crippen molar-refractivity contribution in [2.24, 2.45) is 0 Å². The molecule has 1 atom stereocenters. The molecule has 0 radical (unpaired) electrons. The average Bonchev–Trinajstić information content (AvgIpc) is 2.34. The Balaban J connectivity index is 2.67. The summed E-state index contributed by atoms with van der Waals surface area (Å²) in [6, 6.07) is 9.91. The number of unbranched alkanes of at least 4 members (excludes halogenated alkanes) is 1. The highest BCUT2D eigenvalue weighted by atomic mass is 16.6. The van der Waals surface area contributed by atoms with E-state index < -0.39 is 11.9 Å². The van der Waals surface area contributed by atoms with Crippen molar-refractivity contribution >= 4 is 11.9 Å². The van der Waals surface area contributed by atoms with Crippen molar-refractivity contribution in [2.45, 2.75) is 45.4 Å². The van der Waals surface area contributed by atoms with Crippen LogP contribution in [0.3, 0.4) is 0 Å². The van der Waals surface area contributed by atoms with Gasteiger partial charge in [-0.25, -0.2) is 0 Å². The third-order valence-corrected chi connectivity index (χ3v) is 2.85. The molecule has 0 aliphatic rings. The van der Waals surface area contributed by atoms with Crippen LogP contribution in [0.1, 0.15) is 51.0 Å². The number of esters is 2. The molecular weight excluding hydrogens is 228 g/mol. The predicted molar refractivity (Wildman–Crippen MR) is 70.1 cm³/mol. The van der Waals surface area contributed by atoms with E-state index in [0.29, 0.717) is 0 Å². The van der Waals surface area contributed by atoms with Gasteiger partial charge in [0.15, 0.2) is 0 Å². The molecule has 0 spiro atoms. The molecule has 0 aliphatic carbocycles. The number of ether oxygens (including phenoxy) is 1. The molecule has 3 nitrogen and oxygen atoms in total. The van der Waals surface area contributed by atoms with Crippen molar-refractivity contribution < 1.29 is 14.3 Å². The van der Waals surface area contributed by atoms with Gasteiger partial charge in [-0.05, 0) is 17.9 Å². The molecule has 98 valence electrons. The van der Waals surface area contributed by atoms with E-state index in [1.807, 2.05) is 30.3 Å². The number of hydrogen-bond acceptors (Lipinski definition) is 3. The first kappa shape index (κ1) is 14.4. The lowest BCUT2D eigenvalue weighted by Crippen LogP contribution is -2.13. The fraction of sp³-hybridized carbons (Fsp3) is 0.467. The van der Waals surface area contributed by atoms with E-state index in [1.54, 1.807) is 0 Å². The second kappa shape index (κ2) is 7.64. The Morgan fingerprint density at radius 1 is 1.22 bits per heavy atom. The van der Waals surface area contributed by atoms with E-state index >= 15 is 0 Å². The van der Waals surface area contributed by atoms with Crippen molar-refractivity contribution in [3.8, 4) is 0 Å². The van der Waals surface area contributed by atoms with Crippen molar-refractivity contribution in [3.63, 3.8) is 0 Å². The molecule has 0 bridgehead atoms. The van der Waals surface area contributed by atoms with Crippen LogP contribution in [-0.2, 0) is 14.3 Å². The molecule has 18 heavy (non-hydrogen) atoms. The van der Waals surface area contributed by atoms with Crippen molar-refractivity contribution in [3.05, 3.63) is 35.9 Å². The minimum absolute atomic E-state index is 0.137. The van der Waals surface area contributed by atoms with Gasteiger partial charge < -0.3 is 4.74 Å². The largest absolute Gasteiger partial charge is 0.393 e. The Bertz CT molecular complexity index is 384. The highest BCUT2D eigenvalue weighted by molar-refractivity contribution is 5.84. The number of hydrogen-bond donors (Lipinski definition) is 0. The van der Waals surface area contributed by atoms with E-state index in [0.717, 1.165) is 24.8 Å². The van der Waals surface area contributed by atoms with Gasteiger partial charge in [0, 0.05) is 6.92 Å². The van der Waals surface area contributed by atoms with Crippen LogP contribution < -0.4 is 0 Å². The number of carbonyl (C=O) groups excluding carboxylic acids is 2. The minimum atomic E-state index is -0.540. The van der Waals surface area contributed by atoms with E-state index in [9.17, 15) is 9.59 Å². The van der Waals surface area contributed by atoms with Gasteiger partial charge >= 0.3 is 11.9 Å². The van der Waals surface area contributed by atoms with E-state index in [4.69, 9.17) is 0 Å². The summed E-state index contributed by atoms with van der Waals surface area (Å²) in [7, 11) is 0. The zero-order chi connectivity index (χ0) is 13.4. The van der Waals surface area contributed by atoms with Crippen molar-refractivity contribution in [1.29, 1.82) is 0 Å². The monoisotopic (exact) mass is 248 g/mol. The normalized spacial score (nSPS) is 11.9. The molecule has 3 heteroatoms. The zero-order valence-corrected chi connectivity index (χ0v) is 11.0. The first-order chi connectivity index (χ1) is 8.63. The third kappa shape index (κ3) is 5.13. The molecule has 0 saturated heterocycles. The molecule has 0 amide bonds. The quantitative estimate of drug-likeness (QED) is 0.572. The lowest BCUT2D eigenvalue weighted by Gasteiger charge is -2.15. The second-order valence-electron chi connectivity index (χ2n) is 4.42. The van der Waals surface area contributed by atoms with E-state index in [-0.39, 0.29) is 12.3 Å². The summed E-state index contributed by atoms with van der Waals surface area (Å²) >= 11 is 0. The Labute approximate surface area is 108 Å². The first-order valence-corrected chi connectivity index (χ1v) is 6.39. The highest BCUT2D eigenvalue weighted by Gasteiger charge is 2.17. The van der Waals surface area contributed by atoms with E-state index in [2.05, 4.69) is 11.7 Å². The predicted octanol–water partition coefficient (Wildman–Crippen LogP) is 3.44. The van der Waals surface area contributed by atoms with Crippen LogP contribution in [0.5, 0.6) is 0 Å². The molecule has 0 aromatic heterocycles. The van der Waals surface area contributed by atoms with Crippen LogP contribution >= 0.6 is 0 Å². The van der Waals surface area contributed by atoms with Gasteiger partial charge in [0.1, 0.15) is 0 Å². The van der Waals surface area contributed by atoms with Gasteiger partial charge in [0.2, 0.25) is 0 Å². The molecule has 0 N–H and O–H groups in total. The van der Waals surface area contributed by atoms with Gasteiger partial charge in [-0.3, -0.25) is 9.59 Å². The molecule has 1 rings (SSSR count). The molecule has 1 aromatic carbocycles. The van der Waals surface area contributed by atoms with Crippen LogP contribution in [0.25, 0.3) is 0 Å². The smallest absolute Gasteiger partial charge is 0.314 e. The summed E-state index contributed by atoms with van der Waals surface area (Å²) < 4.78 is 4.60. The summed E-state index contributed by atoms with van der Waals surface area (Å²) in [5.74, 6) is -0.840. The van der Waals surface area contributed by atoms with Gasteiger partial charge in [0.05, 0.1) is 6.42 Å². The lowest BCUT2D eigenvalue weighted by atomic mass is 9.91. The van der Waals surface area contributed by atoms with Crippen LogP contribution in [-0.4, -0.2) is 11.9 Å². The maximum Gasteiger partial charge on any atom is 0.314 e. The summed E-state index contributed by atoms with van der Waals surface area (Å²) in [6.45, 7) is 3.37. The van der Waals surface area contributed by atoms with Crippen LogP contribution in [0.15, 0.2) is 30.3 Å². The fourth-order valence-corrected chi connectivity index (χ4v) is 1.97.